The Hall–Kier alpha value is -2.06. The predicted molar refractivity (Wildman–Crippen MR) is 104 cm³/mol. The minimum absolute atomic E-state index is 0.00171. The Balaban J connectivity index is 1.67. The van der Waals surface area contributed by atoms with Gasteiger partial charge in [-0.1, -0.05) is 18.2 Å². The van der Waals surface area contributed by atoms with Crippen molar-refractivity contribution in [3.63, 3.8) is 0 Å². The minimum atomic E-state index is -0.454. The Morgan fingerprint density at radius 2 is 2.08 bits per heavy atom. The zero-order valence-electron chi connectivity index (χ0n) is 13.7. The standard InChI is InChI=1S/C18H15N3O3S2/c22-14-5-6-15-18(25-8-9-26-18)13-3-1-2-12(13)17(14)20(15)16-7-4-11(10-19-16)21(23)24/h1,3-7,10,15,17H,2,8-9H2/t15-,17-/m1/s1. The van der Waals surface area contributed by atoms with Crippen molar-refractivity contribution in [2.45, 2.75) is 22.6 Å². The molecule has 0 aromatic carbocycles. The average molecular weight is 385 g/mol. The van der Waals surface area contributed by atoms with Gasteiger partial charge >= 0.3 is 0 Å². The van der Waals surface area contributed by atoms with Crippen LogP contribution in [0.1, 0.15) is 6.42 Å². The van der Waals surface area contributed by atoms with Crippen LogP contribution in [0.3, 0.4) is 0 Å². The second kappa shape index (κ2) is 5.72. The fraction of sp³-hybridized carbons (Fsp3) is 0.333. The Morgan fingerprint density at radius 1 is 1.27 bits per heavy atom. The highest BCUT2D eigenvalue weighted by molar-refractivity contribution is 8.21. The molecule has 1 aliphatic carbocycles. The molecule has 1 saturated heterocycles. The Kier molecular flexibility index (Phi) is 3.55. The highest BCUT2D eigenvalue weighted by Gasteiger charge is 2.57. The van der Waals surface area contributed by atoms with E-state index in [1.807, 2.05) is 29.6 Å². The predicted octanol–water partition coefficient (Wildman–Crippen LogP) is 3.12. The number of nitro groups is 1. The molecule has 6 nitrogen and oxygen atoms in total. The largest absolute Gasteiger partial charge is 0.333 e. The molecule has 1 fully saturated rings. The molecule has 1 aromatic heterocycles. The van der Waals surface area contributed by atoms with Crippen molar-refractivity contribution >= 4 is 40.8 Å². The molecule has 2 atom stereocenters. The molecule has 0 amide bonds. The Morgan fingerprint density at radius 3 is 2.77 bits per heavy atom. The summed E-state index contributed by atoms with van der Waals surface area (Å²) in [6.07, 6.45) is 10.1. The van der Waals surface area contributed by atoms with E-state index in [-0.39, 0.29) is 27.6 Å². The van der Waals surface area contributed by atoms with Gasteiger partial charge in [0.15, 0.2) is 5.78 Å². The van der Waals surface area contributed by atoms with E-state index >= 15 is 0 Å². The number of hydrogen-bond donors (Lipinski definition) is 0. The van der Waals surface area contributed by atoms with Gasteiger partial charge < -0.3 is 4.90 Å². The van der Waals surface area contributed by atoms with Crippen LogP contribution in [0.25, 0.3) is 0 Å². The number of fused-ring (bicyclic) bond motifs is 5. The van der Waals surface area contributed by atoms with E-state index in [1.165, 1.54) is 17.8 Å². The van der Waals surface area contributed by atoms with E-state index in [0.29, 0.717) is 5.82 Å². The molecule has 26 heavy (non-hydrogen) atoms. The highest BCUT2D eigenvalue weighted by Crippen LogP contribution is 2.60. The molecule has 4 aliphatic rings. The van der Waals surface area contributed by atoms with Crippen molar-refractivity contribution in [1.82, 2.24) is 4.98 Å². The number of anilines is 1. The number of rotatable bonds is 2. The average Bonchev–Trinajstić information content (AvgIpc) is 3.31. The highest BCUT2D eigenvalue weighted by atomic mass is 32.2. The Labute approximate surface area is 158 Å². The molecule has 1 spiro atoms. The lowest BCUT2D eigenvalue weighted by Crippen LogP contribution is -2.61. The second-order valence-corrected chi connectivity index (χ2v) is 9.50. The number of pyridine rings is 1. The van der Waals surface area contributed by atoms with Gasteiger partial charge in [0, 0.05) is 17.6 Å². The lowest BCUT2D eigenvalue weighted by Gasteiger charge is -2.52. The first-order chi connectivity index (χ1) is 12.6. The first-order valence-corrected chi connectivity index (χ1v) is 10.4. The van der Waals surface area contributed by atoms with Crippen LogP contribution in [0.4, 0.5) is 11.5 Å². The molecule has 0 saturated carbocycles. The molecule has 4 heterocycles. The molecule has 3 aliphatic heterocycles. The normalized spacial score (nSPS) is 28.2. The number of nitrogens with zero attached hydrogens (tertiary/aromatic N) is 3. The van der Waals surface area contributed by atoms with Crippen LogP contribution in [0.5, 0.6) is 0 Å². The van der Waals surface area contributed by atoms with E-state index in [2.05, 4.69) is 22.0 Å². The van der Waals surface area contributed by atoms with Crippen molar-refractivity contribution in [2.24, 2.45) is 0 Å². The molecule has 2 bridgehead atoms. The molecule has 0 unspecified atom stereocenters. The fourth-order valence-electron chi connectivity index (χ4n) is 4.26. The molecule has 1 aromatic rings. The number of ketones is 1. The van der Waals surface area contributed by atoms with Gasteiger partial charge in [0.25, 0.3) is 5.69 Å². The number of thioether (sulfide) groups is 2. The maximum Gasteiger partial charge on any atom is 0.287 e. The third-order valence-electron chi connectivity index (χ3n) is 5.28. The third kappa shape index (κ3) is 2.08. The molecule has 5 rings (SSSR count). The van der Waals surface area contributed by atoms with Gasteiger partial charge in [-0.2, -0.15) is 0 Å². The van der Waals surface area contributed by atoms with Crippen LogP contribution in [-0.2, 0) is 4.79 Å². The number of allylic oxidation sites excluding steroid dienone is 2. The van der Waals surface area contributed by atoms with Gasteiger partial charge in [-0.05, 0) is 29.7 Å². The summed E-state index contributed by atoms with van der Waals surface area (Å²) >= 11 is 3.86. The summed E-state index contributed by atoms with van der Waals surface area (Å²) in [4.78, 5) is 29.7. The number of carbonyl (C=O) groups is 1. The zero-order valence-corrected chi connectivity index (χ0v) is 15.3. The maximum absolute atomic E-state index is 12.8. The van der Waals surface area contributed by atoms with Crippen molar-refractivity contribution in [3.8, 4) is 0 Å². The van der Waals surface area contributed by atoms with E-state index in [4.69, 9.17) is 0 Å². The van der Waals surface area contributed by atoms with Gasteiger partial charge in [-0.25, -0.2) is 4.98 Å². The van der Waals surface area contributed by atoms with Crippen LogP contribution in [0.15, 0.2) is 53.8 Å². The van der Waals surface area contributed by atoms with Crippen LogP contribution in [-0.4, -0.2) is 43.4 Å². The summed E-state index contributed by atoms with van der Waals surface area (Å²) in [6.45, 7) is 0. The van der Waals surface area contributed by atoms with Gasteiger partial charge in [0.05, 0.1) is 11.0 Å². The monoisotopic (exact) mass is 385 g/mol. The molecule has 132 valence electrons. The summed E-state index contributed by atoms with van der Waals surface area (Å²) in [5.41, 5.74) is 2.40. The first-order valence-electron chi connectivity index (χ1n) is 8.40. The van der Waals surface area contributed by atoms with Crippen LogP contribution < -0.4 is 4.90 Å². The number of aromatic nitrogens is 1. The molecular formula is C18H15N3O3S2. The van der Waals surface area contributed by atoms with Crippen molar-refractivity contribution in [3.05, 3.63) is 63.9 Å². The number of carbonyl (C=O) groups excluding carboxylic acids is 1. The summed E-state index contributed by atoms with van der Waals surface area (Å²) in [6, 6.07) is 2.76. The van der Waals surface area contributed by atoms with Crippen LogP contribution in [0.2, 0.25) is 0 Å². The topological polar surface area (TPSA) is 76.3 Å². The van der Waals surface area contributed by atoms with E-state index in [0.717, 1.165) is 23.5 Å². The second-order valence-electron chi connectivity index (χ2n) is 6.56. The van der Waals surface area contributed by atoms with Gasteiger partial charge in [-0.15, -0.1) is 23.5 Å². The van der Waals surface area contributed by atoms with E-state index in [1.54, 1.807) is 12.1 Å². The maximum atomic E-state index is 12.8. The van der Waals surface area contributed by atoms with Gasteiger partial charge in [-0.3, -0.25) is 14.9 Å². The van der Waals surface area contributed by atoms with Gasteiger partial charge in [0.2, 0.25) is 0 Å². The fourth-order valence-corrected chi connectivity index (χ4v) is 7.81. The summed E-state index contributed by atoms with van der Waals surface area (Å²) in [5, 5.41) is 11.0. The SMILES string of the molecule is O=C1C=C[C@H]2N(c3ccc([N+](=O)[O-])cn3)[C@@H]1C1=C(C=CC1)C21SCCS1. The summed E-state index contributed by atoms with van der Waals surface area (Å²) < 4.78 is -0.139. The quantitative estimate of drug-likeness (QED) is 0.572. The van der Waals surface area contributed by atoms with Gasteiger partial charge in [0.1, 0.15) is 22.1 Å². The molecule has 0 radical (unpaired) electrons. The van der Waals surface area contributed by atoms with Crippen molar-refractivity contribution in [2.75, 3.05) is 16.4 Å². The molecule has 8 heteroatoms. The smallest absolute Gasteiger partial charge is 0.287 e. The molecule has 0 N–H and O–H groups in total. The van der Waals surface area contributed by atoms with Crippen LogP contribution in [0, 0.1) is 10.1 Å². The first kappa shape index (κ1) is 16.1. The lowest BCUT2D eigenvalue weighted by molar-refractivity contribution is -0.385. The van der Waals surface area contributed by atoms with Crippen molar-refractivity contribution in [1.29, 1.82) is 0 Å². The van der Waals surface area contributed by atoms with E-state index < -0.39 is 4.92 Å². The lowest BCUT2D eigenvalue weighted by atomic mass is 9.82. The Bertz CT molecular complexity index is 901. The van der Waals surface area contributed by atoms with Crippen LogP contribution >= 0.6 is 23.5 Å². The molecular weight excluding hydrogens is 370 g/mol. The summed E-state index contributed by atoms with van der Waals surface area (Å²) in [5.74, 6) is 2.81. The third-order valence-corrected chi connectivity index (χ3v) is 8.84. The van der Waals surface area contributed by atoms with E-state index in [9.17, 15) is 14.9 Å². The minimum Gasteiger partial charge on any atom is -0.333 e. The summed E-state index contributed by atoms with van der Waals surface area (Å²) in [7, 11) is 0. The zero-order chi connectivity index (χ0) is 17.9. The van der Waals surface area contributed by atoms with Crippen molar-refractivity contribution < 1.29 is 9.72 Å². The number of hydrogen-bond acceptors (Lipinski definition) is 7.